The molecule has 8 nitrogen and oxygen atoms in total. The van der Waals surface area contributed by atoms with Crippen molar-refractivity contribution in [2.45, 2.75) is 31.6 Å². The van der Waals surface area contributed by atoms with Crippen molar-refractivity contribution in [3.63, 3.8) is 0 Å². The molecule has 0 aliphatic rings. The number of rotatable bonds is 7. The van der Waals surface area contributed by atoms with Crippen molar-refractivity contribution in [2.75, 3.05) is 6.26 Å². The highest BCUT2D eigenvalue weighted by Crippen LogP contribution is 2.22. The fourth-order valence-corrected chi connectivity index (χ4v) is 3.60. The minimum absolute atomic E-state index is 0.0596. The molecule has 150 valence electrons. The van der Waals surface area contributed by atoms with Crippen LogP contribution in [0.1, 0.15) is 25.8 Å². The highest BCUT2D eigenvalue weighted by molar-refractivity contribution is 7.92. The second-order valence-corrected chi connectivity index (χ2v) is 9.20. The quantitative estimate of drug-likeness (QED) is 0.411. The fraction of sp³-hybridized carbons (Fsp3) is 0.316. The van der Waals surface area contributed by atoms with Gasteiger partial charge in [0.25, 0.3) is 11.5 Å². The summed E-state index contributed by atoms with van der Waals surface area (Å²) in [6.45, 7) is 6.72. The van der Waals surface area contributed by atoms with Gasteiger partial charge in [-0.25, -0.2) is 18.9 Å². The number of hydrogen-bond donors (Lipinski definition) is 2. The molecule has 0 bridgehead atoms. The molecule has 1 aromatic carbocycles. The smallest absolute Gasteiger partial charge is 0.264 e. The third-order valence-corrected chi connectivity index (χ3v) is 6.90. The first-order valence-corrected chi connectivity index (χ1v) is 10.4. The zero-order valence-electron chi connectivity index (χ0n) is 16.0. The minimum atomic E-state index is -3.84. The molecule has 0 unspecified atom stereocenters. The van der Waals surface area contributed by atoms with E-state index in [-0.39, 0.29) is 18.5 Å². The largest absolute Gasteiger partial charge is 0.299 e. The van der Waals surface area contributed by atoms with E-state index in [0.717, 1.165) is 17.4 Å². The average Bonchev–Trinajstić information content (AvgIpc) is 2.65. The molecule has 0 saturated heterocycles. The molecule has 1 aromatic heterocycles. The molecular weight excluding hydrogens is 382 g/mol. The van der Waals surface area contributed by atoms with E-state index in [4.69, 9.17) is 5.21 Å². The van der Waals surface area contributed by atoms with Crippen LogP contribution in [0.5, 0.6) is 0 Å². The van der Waals surface area contributed by atoms with Crippen LogP contribution in [-0.2, 0) is 21.2 Å². The number of amides is 1. The van der Waals surface area contributed by atoms with Crippen LogP contribution in [-0.4, -0.2) is 40.1 Å². The van der Waals surface area contributed by atoms with Gasteiger partial charge in [-0.2, -0.15) is 0 Å². The molecule has 0 radical (unpaired) electrons. The Morgan fingerprint density at radius 3 is 2.68 bits per heavy atom. The van der Waals surface area contributed by atoms with Crippen molar-refractivity contribution in [2.24, 2.45) is 0 Å². The summed E-state index contributed by atoms with van der Waals surface area (Å²) in [6.07, 6.45) is 5.54. The maximum atomic E-state index is 12.7. The highest BCUT2D eigenvalue weighted by Gasteiger charge is 2.43. The Bertz CT molecular complexity index is 1120. The van der Waals surface area contributed by atoms with Gasteiger partial charge in [-0.05, 0) is 43.5 Å². The Labute approximate surface area is 163 Å². The number of aromatic nitrogens is 2. The zero-order valence-corrected chi connectivity index (χ0v) is 16.8. The lowest BCUT2D eigenvalue weighted by atomic mass is 10.0. The lowest BCUT2D eigenvalue weighted by Crippen LogP contribution is -2.50. The molecule has 0 fully saturated rings. The van der Waals surface area contributed by atoms with Crippen LogP contribution in [0.15, 0.2) is 48.1 Å². The monoisotopic (exact) mass is 405 g/mol. The number of hydroxylamine groups is 1. The van der Waals surface area contributed by atoms with Gasteiger partial charge in [-0.15, -0.1) is 0 Å². The SMILES string of the molecule is C=C/C=C(\C)c1ccc2c(=O)n(CC[C@](C)(C(=O)NO)S(C)(=O)=O)cnc2c1. The molecule has 9 heteroatoms. The normalized spacial score (nSPS) is 14.5. The Kier molecular flexibility index (Phi) is 6.20. The number of carbonyl (C=O) groups is 1. The maximum Gasteiger partial charge on any atom is 0.264 e. The summed E-state index contributed by atoms with van der Waals surface area (Å²) in [5.41, 5.74) is 3.43. The summed E-state index contributed by atoms with van der Waals surface area (Å²) in [5.74, 6) is -1.05. The second-order valence-electron chi connectivity index (χ2n) is 6.75. The van der Waals surface area contributed by atoms with Crippen LogP contribution in [0.25, 0.3) is 16.5 Å². The van der Waals surface area contributed by atoms with Crippen LogP contribution in [0.2, 0.25) is 0 Å². The summed E-state index contributed by atoms with van der Waals surface area (Å²) in [5, 5.41) is 9.26. The van der Waals surface area contributed by atoms with Gasteiger partial charge in [0.05, 0.1) is 17.2 Å². The van der Waals surface area contributed by atoms with Gasteiger partial charge in [0.1, 0.15) is 0 Å². The van der Waals surface area contributed by atoms with Crippen LogP contribution in [0, 0.1) is 0 Å². The molecule has 1 heterocycles. The second kappa shape index (κ2) is 8.07. The van der Waals surface area contributed by atoms with Crippen LogP contribution >= 0.6 is 0 Å². The van der Waals surface area contributed by atoms with E-state index in [1.54, 1.807) is 24.3 Å². The van der Waals surface area contributed by atoms with E-state index in [1.165, 1.54) is 23.3 Å². The first kappa shape index (κ1) is 21.5. The van der Waals surface area contributed by atoms with E-state index in [1.807, 2.05) is 13.0 Å². The summed E-state index contributed by atoms with van der Waals surface area (Å²) >= 11 is 0. The summed E-state index contributed by atoms with van der Waals surface area (Å²) < 4.78 is 23.4. The number of hydrogen-bond acceptors (Lipinski definition) is 6. The van der Waals surface area contributed by atoms with Gasteiger partial charge in [-0.1, -0.05) is 24.8 Å². The first-order chi connectivity index (χ1) is 13.0. The predicted molar refractivity (Wildman–Crippen MR) is 108 cm³/mol. The molecule has 2 rings (SSSR count). The number of nitrogens with one attached hydrogen (secondary N) is 1. The summed E-state index contributed by atoms with van der Waals surface area (Å²) in [6, 6.07) is 5.24. The van der Waals surface area contributed by atoms with E-state index in [2.05, 4.69) is 11.6 Å². The van der Waals surface area contributed by atoms with Crippen LogP contribution < -0.4 is 11.0 Å². The van der Waals surface area contributed by atoms with Crippen LogP contribution in [0.4, 0.5) is 0 Å². The number of nitrogens with zero attached hydrogens (tertiary/aromatic N) is 2. The van der Waals surface area contributed by atoms with Gasteiger partial charge in [0.15, 0.2) is 14.6 Å². The Balaban J connectivity index is 2.41. The third kappa shape index (κ3) is 4.05. The molecule has 2 aromatic rings. The zero-order chi connectivity index (χ0) is 21.1. The molecule has 0 aliphatic carbocycles. The van der Waals surface area contributed by atoms with Crippen molar-refractivity contribution >= 4 is 32.2 Å². The lowest BCUT2D eigenvalue weighted by molar-refractivity contribution is -0.131. The molecule has 0 saturated carbocycles. The van der Waals surface area contributed by atoms with Crippen molar-refractivity contribution in [3.05, 3.63) is 59.2 Å². The number of allylic oxidation sites excluding steroid dienone is 3. The number of fused-ring (bicyclic) bond motifs is 1. The van der Waals surface area contributed by atoms with Gasteiger partial charge in [0.2, 0.25) is 0 Å². The maximum absolute atomic E-state index is 12.7. The van der Waals surface area contributed by atoms with E-state index in [9.17, 15) is 18.0 Å². The first-order valence-electron chi connectivity index (χ1n) is 8.48. The third-order valence-electron chi connectivity index (χ3n) is 4.88. The molecule has 0 aliphatic heterocycles. The Hall–Kier alpha value is -2.78. The van der Waals surface area contributed by atoms with Gasteiger partial charge in [0, 0.05) is 12.8 Å². The number of benzene rings is 1. The number of sulfone groups is 1. The van der Waals surface area contributed by atoms with Crippen molar-refractivity contribution < 1.29 is 18.4 Å². The molecule has 1 amide bonds. The molecular formula is C19H23N3O5S. The van der Waals surface area contributed by atoms with E-state index >= 15 is 0 Å². The average molecular weight is 405 g/mol. The number of aryl methyl sites for hydroxylation is 1. The van der Waals surface area contributed by atoms with E-state index in [0.29, 0.717) is 10.9 Å². The Morgan fingerprint density at radius 1 is 1.43 bits per heavy atom. The standard InChI is InChI=1S/C19H23N3O5S/c1-5-6-13(2)14-7-8-15-16(11-14)20-12-22(17(15)23)10-9-19(3,18(24)21-25)28(4,26)27/h5-8,11-12,25H,1,9-10H2,2-4H3,(H,21,24)/b13-6+/t19-/m1/s1. The topological polar surface area (TPSA) is 118 Å². The summed E-state index contributed by atoms with van der Waals surface area (Å²) in [4.78, 5) is 28.9. The molecule has 1 atom stereocenters. The minimum Gasteiger partial charge on any atom is -0.299 e. The molecule has 0 spiro atoms. The fourth-order valence-electron chi connectivity index (χ4n) is 2.76. The van der Waals surface area contributed by atoms with Gasteiger partial charge < -0.3 is 0 Å². The predicted octanol–water partition coefficient (Wildman–Crippen LogP) is 1.68. The number of carbonyl (C=O) groups excluding carboxylic acids is 1. The van der Waals surface area contributed by atoms with Crippen molar-refractivity contribution in [3.8, 4) is 0 Å². The highest BCUT2D eigenvalue weighted by atomic mass is 32.2. The Morgan fingerprint density at radius 2 is 2.11 bits per heavy atom. The lowest BCUT2D eigenvalue weighted by Gasteiger charge is -2.25. The van der Waals surface area contributed by atoms with Crippen LogP contribution in [0.3, 0.4) is 0 Å². The summed E-state index contributed by atoms with van der Waals surface area (Å²) in [7, 11) is -3.84. The van der Waals surface area contributed by atoms with Crippen molar-refractivity contribution in [1.82, 2.24) is 15.0 Å². The van der Waals surface area contributed by atoms with Gasteiger partial charge in [-0.3, -0.25) is 19.4 Å². The molecule has 28 heavy (non-hydrogen) atoms. The van der Waals surface area contributed by atoms with Gasteiger partial charge >= 0.3 is 0 Å². The van der Waals surface area contributed by atoms with E-state index < -0.39 is 20.5 Å². The van der Waals surface area contributed by atoms with Crippen molar-refractivity contribution in [1.29, 1.82) is 0 Å². The molecule has 2 N–H and O–H groups in total.